The number of anilines is 1. The molecule has 0 saturated carbocycles. The van der Waals surface area contributed by atoms with Crippen LogP contribution in [0.25, 0.3) is 10.6 Å². The highest BCUT2D eigenvalue weighted by atomic mass is 35.5. The lowest BCUT2D eigenvalue weighted by molar-refractivity contribution is 0.938. The Morgan fingerprint density at radius 3 is 2.54 bits per heavy atom. The Kier molecular flexibility index (Phi) is 5.11. The van der Waals surface area contributed by atoms with E-state index in [9.17, 15) is 0 Å². The molecule has 4 nitrogen and oxygen atoms in total. The summed E-state index contributed by atoms with van der Waals surface area (Å²) in [6, 6.07) is 8.40. The van der Waals surface area contributed by atoms with E-state index in [1.165, 1.54) is 5.56 Å². The number of aryl methyl sites for hydroxylation is 3. The predicted octanol–water partition coefficient (Wildman–Crippen LogP) is 5.04. The molecule has 0 bridgehead atoms. The van der Waals surface area contributed by atoms with Crippen molar-refractivity contribution in [2.45, 2.75) is 33.7 Å². The number of rotatable bonds is 5. The molecule has 0 aliphatic carbocycles. The molecular formula is C18H19ClN4S. The lowest BCUT2D eigenvalue weighted by Gasteiger charge is -2.09. The van der Waals surface area contributed by atoms with Crippen molar-refractivity contribution in [1.82, 2.24) is 15.0 Å². The fourth-order valence-electron chi connectivity index (χ4n) is 2.36. The van der Waals surface area contributed by atoms with Gasteiger partial charge in [-0.25, -0.2) is 15.0 Å². The molecule has 1 N–H and O–H groups in total. The van der Waals surface area contributed by atoms with Crippen LogP contribution in [-0.4, -0.2) is 15.0 Å². The fourth-order valence-corrected chi connectivity index (χ4v) is 3.47. The smallest absolute Gasteiger partial charge is 0.149 e. The SMILES string of the molecule is CCc1nc(C)nc(NCc2csc(-c3ccc(C)cc3)n2)c1Cl. The number of thiazole rings is 1. The van der Waals surface area contributed by atoms with E-state index in [4.69, 9.17) is 11.6 Å². The van der Waals surface area contributed by atoms with Crippen LogP contribution in [0.1, 0.15) is 29.7 Å². The first-order chi connectivity index (χ1) is 11.6. The second kappa shape index (κ2) is 7.28. The number of benzene rings is 1. The van der Waals surface area contributed by atoms with Crippen molar-refractivity contribution in [2.75, 3.05) is 5.32 Å². The molecule has 1 aromatic carbocycles. The molecular weight excluding hydrogens is 340 g/mol. The monoisotopic (exact) mass is 358 g/mol. The third-order valence-corrected chi connectivity index (χ3v) is 4.99. The highest BCUT2D eigenvalue weighted by Gasteiger charge is 2.11. The van der Waals surface area contributed by atoms with E-state index in [1.807, 2.05) is 13.8 Å². The summed E-state index contributed by atoms with van der Waals surface area (Å²) in [4.78, 5) is 13.4. The van der Waals surface area contributed by atoms with Crippen LogP contribution in [0.15, 0.2) is 29.6 Å². The topological polar surface area (TPSA) is 50.7 Å². The maximum atomic E-state index is 6.36. The van der Waals surface area contributed by atoms with Crippen LogP contribution in [0.3, 0.4) is 0 Å². The van der Waals surface area contributed by atoms with Crippen LogP contribution in [0.5, 0.6) is 0 Å². The third-order valence-electron chi connectivity index (χ3n) is 3.65. The van der Waals surface area contributed by atoms with Crippen LogP contribution >= 0.6 is 22.9 Å². The van der Waals surface area contributed by atoms with Crippen molar-refractivity contribution in [3.05, 3.63) is 57.4 Å². The molecule has 3 aromatic rings. The van der Waals surface area contributed by atoms with Gasteiger partial charge in [-0.3, -0.25) is 0 Å². The van der Waals surface area contributed by atoms with Crippen molar-refractivity contribution in [3.63, 3.8) is 0 Å². The minimum atomic E-state index is 0.585. The average molecular weight is 359 g/mol. The number of hydrogen-bond acceptors (Lipinski definition) is 5. The van der Waals surface area contributed by atoms with E-state index < -0.39 is 0 Å². The highest BCUT2D eigenvalue weighted by Crippen LogP contribution is 2.26. The minimum absolute atomic E-state index is 0.585. The van der Waals surface area contributed by atoms with Crippen molar-refractivity contribution < 1.29 is 0 Å². The van der Waals surface area contributed by atoms with Crippen LogP contribution in [-0.2, 0) is 13.0 Å². The molecule has 2 aromatic heterocycles. The van der Waals surface area contributed by atoms with Gasteiger partial charge in [0, 0.05) is 10.9 Å². The van der Waals surface area contributed by atoms with Gasteiger partial charge in [-0.1, -0.05) is 48.4 Å². The van der Waals surface area contributed by atoms with Crippen LogP contribution in [0.2, 0.25) is 5.02 Å². The molecule has 0 unspecified atom stereocenters. The molecule has 0 amide bonds. The summed E-state index contributed by atoms with van der Waals surface area (Å²) in [5, 5.41) is 6.95. The van der Waals surface area contributed by atoms with E-state index in [-0.39, 0.29) is 0 Å². The molecule has 0 fully saturated rings. The van der Waals surface area contributed by atoms with E-state index >= 15 is 0 Å². The second-order valence-electron chi connectivity index (χ2n) is 5.60. The third kappa shape index (κ3) is 3.74. The predicted molar refractivity (Wildman–Crippen MR) is 101 cm³/mol. The normalized spacial score (nSPS) is 10.8. The van der Waals surface area contributed by atoms with Crippen LogP contribution in [0, 0.1) is 13.8 Å². The average Bonchev–Trinajstić information content (AvgIpc) is 3.05. The molecule has 0 aliphatic rings. The zero-order chi connectivity index (χ0) is 17.1. The number of nitrogens with zero attached hydrogens (tertiary/aromatic N) is 3. The molecule has 0 aliphatic heterocycles. The zero-order valence-corrected chi connectivity index (χ0v) is 15.5. The van der Waals surface area contributed by atoms with Gasteiger partial charge in [0.1, 0.15) is 21.7 Å². The van der Waals surface area contributed by atoms with E-state index in [2.05, 4.69) is 56.8 Å². The number of halogens is 1. The van der Waals surface area contributed by atoms with Gasteiger partial charge in [-0.2, -0.15) is 0 Å². The van der Waals surface area contributed by atoms with Crippen molar-refractivity contribution in [1.29, 1.82) is 0 Å². The molecule has 0 saturated heterocycles. The van der Waals surface area contributed by atoms with Gasteiger partial charge in [0.2, 0.25) is 0 Å². The second-order valence-corrected chi connectivity index (χ2v) is 6.83. The molecule has 3 rings (SSSR count). The fraction of sp³-hybridized carbons (Fsp3) is 0.278. The molecule has 0 spiro atoms. The van der Waals surface area contributed by atoms with Gasteiger partial charge in [0.15, 0.2) is 0 Å². The Bertz CT molecular complexity index is 843. The lowest BCUT2D eigenvalue weighted by Crippen LogP contribution is -2.06. The number of nitrogens with one attached hydrogen (secondary N) is 1. The van der Waals surface area contributed by atoms with Crippen molar-refractivity contribution in [2.24, 2.45) is 0 Å². The molecule has 2 heterocycles. The Morgan fingerprint density at radius 1 is 1.08 bits per heavy atom. The molecule has 0 radical (unpaired) electrons. The summed E-state index contributed by atoms with van der Waals surface area (Å²) in [6.45, 7) is 6.57. The lowest BCUT2D eigenvalue weighted by atomic mass is 10.2. The van der Waals surface area contributed by atoms with Gasteiger partial charge in [0.25, 0.3) is 0 Å². The molecule has 0 atom stereocenters. The van der Waals surface area contributed by atoms with E-state index in [0.29, 0.717) is 17.4 Å². The standard InChI is InChI=1S/C18H19ClN4S/c1-4-15-16(19)17(22-12(3)21-15)20-9-14-10-24-18(23-14)13-7-5-11(2)6-8-13/h5-8,10H,4,9H2,1-3H3,(H,20,21,22). The van der Waals surface area contributed by atoms with Gasteiger partial charge >= 0.3 is 0 Å². The van der Waals surface area contributed by atoms with Crippen LogP contribution in [0.4, 0.5) is 5.82 Å². The highest BCUT2D eigenvalue weighted by molar-refractivity contribution is 7.13. The van der Waals surface area contributed by atoms with Crippen molar-refractivity contribution in [3.8, 4) is 10.6 Å². The minimum Gasteiger partial charge on any atom is -0.363 e. The van der Waals surface area contributed by atoms with Gasteiger partial charge in [-0.15, -0.1) is 11.3 Å². The summed E-state index contributed by atoms with van der Waals surface area (Å²) in [5.74, 6) is 1.39. The molecule has 24 heavy (non-hydrogen) atoms. The van der Waals surface area contributed by atoms with Crippen molar-refractivity contribution >= 4 is 28.8 Å². The number of hydrogen-bond donors (Lipinski definition) is 1. The zero-order valence-electron chi connectivity index (χ0n) is 13.9. The summed E-state index contributed by atoms with van der Waals surface area (Å²) in [6.07, 6.45) is 0.783. The quantitative estimate of drug-likeness (QED) is 0.693. The first kappa shape index (κ1) is 16.9. The Balaban J connectivity index is 1.74. The van der Waals surface area contributed by atoms with Gasteiger partial charge in [0.05, 0.1) is 17.9 Å². The van der Waals surface area contributed by atoms with Gasteiger partial charge in [-0.05, 0) is 20.3 Å². The first-order valence-corrected chi connectivity index (χ1v) is 9.11. The van der Waals surface area contributed by atoms with Crippen LogP contribution < -0.4 is 5.32 Å². The van der Waals surface area contributed by atoms with E-state index in [1.54, 1.807) is 11.3 Å². The summed E-state index contributed by atoms with van der Waals surface area (Å²) >= 11 is 8.00. The maximum Gasteiger partial charge on any atom is 0.149 e. The van der Waals surface area contributed by atoms with Gasteiger partial charge < -0.3 is 5.32 Å². The maximum absolute atomic E-state index is 6.36. The Hall–Kier alpha value is -1.98. The molecule has 124 valence electrons. The Labute approximate surface area is 151 Å². The summed E-state index contributed by atoms with van der Waals surface area (Å²) in [5.41, 5.74) is 4.23. The largest absolute Gasteiger partial charge is 0.363 e. The Morgan fingerprint density at radius 2 is 1.83 bits per heavy atom. The van der Waals surface area contributed by atoms with E-state index in [0.717, 1.165) is 34.2 Å². The number of aromatic nitrogens is 3. The molecule has 6 heteroatoms. The summed E-state index contributed by atoms with van der Waals surface area (Å²) < 4.78 is 0. The first-order valence-electron chi connectivity index (χ1n) is 7.85. The summed E-state index contributed by atoms with van der Waals surface area (Å²) in [7, 11) is 0.